The van der Waals surface area contributed by atoms with E-state index >= 15 is 4.79 Å². The number of nitrogen functional groups attached to an aromatic ring is 1. The molecule has 1 aliphatic rings. The Morgan fingerprint density at radius 3 is 2.35 bits per heavy atom. The Balaban J connectivity index is 1.70. The third-order valence-electron chi connectivity index (χ3n) is 9.19. The van der Waals surface area contributed by atoms with Gasteiger partial charge in [0.05, 0.1) is 49.0 Å². The first-order valence-electron chi connectivity index (χ1n) is 17.6. The molecule has 2 heterocycles. The number of amides is 2. The number of methoxy groups -OCH3 is 2. The molecule has 2 amide bonds. The van der Waals surface area contributed by atoms with E-state index in [0.29, 0.717) is 35.2 Å². The van der Waals surface area contributed by atoms with Gasteiger partial charge in [0.1, 0.15) is 11.9 Å². The Kier molecular flexibility index (Phi) is 12.2. The summed E-state index contributed by atoms with van der Waals surface area (Å²) >= 11 is 0. The summed E-state index contributed by atoms with van der Waals surface area (Å²) in [6.07, 6.45) is 0.849. The van der Waals surface area contributed by atoms with Crippen LogP contribution in [0.2, 0.25) is 0 Å². The van der Waals surface area contributed by atoms with Gasteiger partial charge in [0.25, 0.3) is 0 Å². The van der Waals surface area contributed by atoms with E-state index in [4.69, 9.17) is 24.7 Å². The minimum Gasteiger partial charge on any atom is -0.490 e. The summed E-state index contributed by atoms with van der Waals surface area (Å²) in [7, 11) is -1.53. The van der Waals surface area contributed by atoms with E-state index in [0.717, 1.165) is 10.8 Å². The molecule has 3 atom stereocenters. The summed E-state index contributed by atoms with van der Waals surface area (Å²) < 4.78 is 49.7. The molecule has 4 aromatic rings. The van der Waals surface area contributed by atoms with Crippen molar-refractivity contribution in [1.82, 2.24) is 9.88 Å². The van der Waals surface area contributed by atoms with E-state index < -0.39 is 51.1 Å². The first kappa shape index (κ1) is 39.6. The molecule has 1 aliphatic heterocycles. The number of esters is 1. The smallest absolute Gasteiger partial charge is 0.411 e. The highest BCUT2D eigenvalue weighted by molar-refractivity contribution is 7.92. The molecule has 0 saturated carbocycles. The number of nitrogens with two attached hydrogens (primary N) is 1. The second-order valence-electron chi connectivity index (χ2n) is 13.4. The molecule has 4 N–H and O–H groups in total. The van der Waals surface area contributed by atoms with Crippen molar-refractivity contribution in [2.75, 3.05) is 43.7 Å². The van der Waals surface area contributed by atoms with Gasteiger partial charge in [-0.05, 0) is 112 Å². The lowest BCUT2D eigenvalue weighted by Crippen LogP contribution is -2.40. The number of benzene rings is 3. The number of ether oxygens (including phenoxy) is 4. The first-order valence-corrected chi connectivity index (χ1v) is 19.2. The normalized spacial score (nSPS) is 16.3. The number of hydrogen-bond acceptors (Lipinski definition) is 12. The molecule has 1 aromatic heterocycles. The van der Waals surface area contributed by atoms with Crippen molar-refractivity contribution in [3.63, 3.8) is 0 Å². The molecule has 54 heavy (non-hydrogen) atoms. The number of nitrogens with zero attached hydrogens (tertiary/aromatic N) is 2. The second-order valence-corrected chi connectivity index (χ2v) is 15.8. The fraction of sp³-hybridized carbons (Fsp3) is 0.385. The number of likely N-dealkylation sites (tertiary alicyclic amines) is 1. The van der Waals surface area contributed by atoms with Crippen LogP contribution in [0.25, 0.3) is 10.8 Å². The van der Waals surface area contributed by atoms with Crippen molar-refractivity contribution in [3.05, 3.63) is 78.0 Å². The van der Waals surface area contributed by atoms with Crippen LogP contribution in [0.4, 0.5) is 22.0 Å². The maximum Gasteiger partial charge on any atom is 0.411 e. The average Bonchev–Trinajstić information content (AvgIpc) is 3.59. The first-order chi connectivity index (χ1) is 25.7. The van der Waals surface area contributed by atoms with Crippen LogP contribution in [-0.2, 0) is 28.9 Å². The number of nitrogens with one attached hydrogen (secondary N) is 2. The zero-order valence-corrected chi connectivity index (χ0v) is 32.2. The van der Waals surface area contributed by atoms with Gasteiger partial charge in [-0.2, -0.15) is 0 Å². The van der Waals surface area contributed by atoms with Crippen LogP contribution in [0.1, 0.15) is 64.3 Å². The third kappa shape index (κ3) is 8.30. The lowest BCUT2D eigenvalue weighted by atomic mass is 9.92. The zero-order valence-electron chi connectivity index (χ0n) is 31.4. The van der Waals surface area contributed by atoms with Crippen molar-refractivity contribution in [3.8, 4) is 11.5 Å². The van der Waals surface area contributed by atoms with Crippen molar-refractivity contribution < 1.29 is 41.7 Å². The molecule has 288 valence electrons. The molecule has 1 saturated heterocycles. The highest BCUT2D eigenvalue weighted by Crippen LogP contribution is 2.44. The van der Waals surface area contributed by atoms with Gasteiger partial charge in [-0.1, -0.05) is 6.07 Å². The van der Waals surface area contributed by atoms with Crippen molar-refractivity contribution in [2.45, 2.75) is 69.4 Å². The second kappa shape index (κ2) is 16.6. The number of pyridine rings is 1. The van der Waals surface area contributed by atoms with Crippen LogP contribution in [0, 0.1) is 5.92 Å². The Bertz CT molecular complexity index is 2140. The molecular formula is C39H47N5O9S. The van der Waals surface area contributed by atoms with Crippen molar-refractivity contribution >= 4 is 55.8 Å². The highest BCUT2D eigenvalue weighted by Gasteiger charge is 2.47. The Labute approximate surface area is 315 Å². The van der Waals surface area contributed by atoms with Gasteiger partial charge in [-0.3, -0.25) is 14.9 Å². The number of carbonyl (C=O) groups is 3. The van der Waals surface area contributed by atoms with Gasteiger partial charge in [0.15, 0.2) is 21.3 Å². The van der Waals surface area contributed by atoms with Crippen LogP contribution in [0.3, 0.4) is 0 Å². The number of carbonyl (C=O) groups excluding carboxylic acids is 3. The number of sulfone groups is 1. The monoisotopic (exact) mass is 761 g/mol. The van der Waals surface area contributed by atoms with Gasteiger partial charge < -0.3 is 34.9 Å². The van der Waals surface area contributed by atoms with E-state index in [-0.39, 0.29) is 35.2 Å². The quantitative estimate of drug-likeness (QED) is 0.130. The van der Waals surface area contributed by atoms with Gasteiger partial charge in [0, 0.05) is 29.5 Å². The largest absolute Gasteiger partial charge is 0.490 e. The minimum atomic E-state index is -3.97. The van der Waals surface area contributed by atoms with E-state index in [1.807, 2.05) is 39.0 Å². The summed E-state index contributed by atoms with van der Waals surface area (Å²) in [5.41, 5.74) is 7.59. The summed E-state index contributed by atoms with van der Waals surface area (Å²) in [6, 6.07) is 14.6. The van der Waals surface area contributed by atoms with Gasteiger partial charge >= 0.3 is 12.1 Å². The maximum absolute atomic E-state index is 15.2. The topological polar surface area (TPSA) is 188 Å². The van der Waals surface area contributed by atoms with E-state index in [1.165, 1.54) is 37.3 Å². The van der Waals surface area contributed by atoms with Crippen molar-refractivity contribution in [2.24, 2.45) is 5.92 Å². The number of hydrogen-bond donors (Lipinski definition) is 3. The molecule has 0 aliphatic carbocycles. The molecular weight excluding hydrogens is 715 g/mol. The molecule has 0 bridgehead atoms. The Hall–Kier alpha value is -5.57. The van der Waals surface area contributed by atoms with E-state index in [1.54, 1.807) is 44.3 Å². The molecule has 1 fully saturated rings. The average molecular weight is 762 g/mol. The molecule has 5 rings (SSSR count). The molecule has 15 heteroatoms. The standard InChI is InChI=1S/C39H47N5O9S/c1-8-52-32-20-25(9-13-31(32)53-22(2)3)34(42-26-10-12-28-24(19-26)15-17-41-36(28)40)37(45)44-18-16-29(38(46)50-6)35(44)30-21-27(43-39(47)51-7)11-14-33(30)54(48,49)23(4)5/h9-15,17,19-23,29,34-35,42H,8,16,18H2,1-7H3,(H2,40,41)(H,43,47)/t29-,34?,35-/m1/s1. The summed E-state index contributed by atoms with van der Waals surface area (Å²) in [6.45, 7) is 9.15. The van der Waals surface area contributed by atoms with Crippen LogP contribution >= 0.6 is 0 Å². The number of fused-ring (bicyclic) bond motifs is 1. The zero-order chi connectivity index (χ0) is 39.3. The lowest BCUT2D eigenvalue weighted by Gasteiger charge is -2.33. The molecule has 3 aromatic carbocycles. The predicted molar refractivity (Wildman–Crippen MR) is 205 cm³/mol. The summed E-state index contributed by atoms with van der Waals surface area (Å²) in [4.78, 5) is 46.5. The fourth-order valence-electron chi connectivity index (χ4n) is 6.60. The van der Waals surface area contributed by atoms with Crippen LogP contribution in [-0.4, -0.2) is 75.0 Å². The van der Waals surface area contributed by atoms with Crippen molar-refractivity contribution in [1.29, 1.82) is 0 Å². The molecule has 14 nitrogen and oxygen atoms in total. The Morgan fingerprint density at radius 1 is 0.944 bits per heavy atom. The minimum absolute atomic E-state index is 0.0782. The Morgan fingerprint density at radius 2 is 1.69 bits per heavy atom. The van der Waals surface area contributed by atoms with E-state index in [9.17, 15) is 18.0 Å². The predicted octanol–water partition coefficient (Wildman–Crippen LogP) is 6.28. The molecule has 0 spiro atoms. The molecule has 1 unspecified atom stereocenters. The van der Waals surface area contributed by atoms with Crippen LogP contribution < -0.4 is 25.8 Å². The van der Waals surface area contributed by atoms with E-state index in [2.05, 4.69) is 15.6 Å². The number of anilines is 3. The molecule has 0 radical (unpaired) electrons. The highest BCUT2D eigenvalue weighted by atomic mass is 32.2. The van der Waals surface area contributed by atoms with Gasteiger partial charge in [0.2, 0.25) is 5.91 Å². The number of aromatic nitrogens is 1. The number of rotatable bonds is 13. The lowest BCUT2D eigenvalue weighted by molar-refractivity contribution is -0.147. The van der Waals surface area contributed by atoms with Gasteiger partial charge in [-0.25, -0.2) is 18.2 Å². The third-order valence-corrected chi connectivity index (χ3v) is 11.4. The fourth-order valence-corrected chi connectivity index (χ4v) is 7.87. The van der Waals surface area contributed by atoms with Crippen LogP contribution in [0.5, 0.6) is 11.5 Å². The summed E-state index contributed by atoms with van der Waals surface area (Å²) in [5, 5.41) is 6.65. The summed E-state index contributed by atoms with van der Waals surface area (Å²) in [5.74, 6) is -0.727. The van der Waals surface area contributed by atoms with Gasteiger partial charge in [-0.15, -0.1) is 0 Å². The maximum atomic E-state index is 15.2. The van der Waals surface area contributed by atoms with Crippen LogP contribution in [0.15, 0.2) is 71.8 Å². The SMILES string of the molecule is CCOc1cc(C(Nc2ccc3c(N)nccc3c2)C(=O)N2CC[C@@H](C(=O)OC)[C@@H]2c2cc(NC(=O)OC)ccc2S(=O)(=O)C(C)C)ccc1OC(C)C.